The number of rotatable bonds is 5. The van der Waals surface area contributed by atoms with Gasteiger partial charge in [0.1, 0.15) is 0 Å². The van der Waals surface area contributed by atoms with Gasteiger partial charge < -0.3 is 14.9 Å². The molecule has 0 aromatic heterocycles. The third kappa shape index (κ3) is 4.13. The number of hydrogen-bond acceptors (Lipinski definition) is 3. The maximum absolute atomic E-state index is 13.2. The van der Waals surface area contributed by atoms with Gasteiger partial charge in [-0.15, -0.1) is 0 Å². The van der Waals surface area contributed by atoms with Gasteiger partial charge in [0.2, 0.25) is 5.91 Å². The number of amides is 1. The summed E-state index contributed by atoms with van der Waals surface area (Å²) in [5, 5.41) is 9.68. The normalized spacial score (nSPS) is 20.8. The van der Waals surface area contributed by atoms with Crippen LogP contribution < -0.4 is 0 Å². The second kappa shape index (κ2) is 8.46. The van der Waals surface area contributed by atoms with E-state index in [-0.39, 0.29) is 11.9 Å². The smallest absolute Gasteiger partial charge is 0.227 e. The highest BCUT2D eigenvalue weighted by molar-refractivity contribution is 5.79. The van der Waals surface area contributed by atoms with Crippen LogP contribution in [0.25, 0.3) is 0 Å². The van der Waals surface area contributed by atoms with Gasteiger partial charge in [0.25, 0.3) is 0 Å². The van der Waals surface area contributed by atoms with Crippen LogP contribution in [-0.4, -0.2) is 47.0 Å². The van der Waals surface area contributed by atoms with Gasteiger partial charge in [-0.3, -0.25) is 4.79 Å². The molecule has 0 saturated carbocycles. The summed E-state index contributed by atoms with van der Waals surface area (Å²) < 4.78 is 0. The summed E-state index contributed by atoms with van der Waals surface area (Å²) in [4.78, 5) is 17.8. The van der Waals surface area contributed by atoms with E-state index in [0.29, 0.717) is 6.42 Å². The summed E-state index contributed by atoms with van der Waals surface area (Å²) >= 11 is 0. The van der Waals surface area contributed by atoms with E-state index in [1.807, 2.05) is 24.3 Å². The molecule has 148 valence electrons. The number of aliphatic hydroxyl groups is 1. The summed E-state index contributed by atoms with van der Waals surface area (Å²) in [6.45, 7) is 5.77. The molecule has 2 unspecified atom stereocenters. The molecule has 1 fully saturated rings. The highest BCUT2D eigenvalue weighted by atomic mass is 16.3. The van der Waals surface area contributed by atoms with Crippen molar-refractivity contribution in [2.75, 3.05) is 26.2 Å². The number of hydrogen-bond donors (Lipinski definition) is 1. The Balaban J connectivity index is 1.53. The lowest BCUT2D eigenvalue weighted by Gasteiger charge is -2.39. The summed E-state index contributed by atoms with van der Waals surface area (Å²) in [7, 11) is 0. The van der Waals surface area contributed by atoms with Crippen LogP contribution in [0, 0.1) is 0 Å². The zero-order valence-electron chi connectivity index (χ0n) is 16.7. The van der Waals surface area contributed by atoms with Crippen LogP contribution in [0.2, 0.25) is 0 Å². The molecule has 0 radical (unpaired) electrons. The van der Waals surface area contributed by atoms with Crippen LogP contribution in [0.5, 0.6) is 0 Å². The molecule has 0 spiro atoms. The van der Waals surface area contributed by atoms with Gasteiger partial charge in [-0.1, -0.05) is 48.5 Å². The van der Waals surface area contributed by atoms with Crippen molar-refractivity contribution in [3.05, 3.63) is 70.8 Å². The van der Waals surface area contributed by atoms with Crippen LogP contribution in [0.4, 0.5) is 0 Å². The SMILES string of the molecule is CC(O)c1ccc(CC(=O)N2CCc3ccccc3C2CN2CCCC2)cc1. The molecular weight excluding hydrogens is 348 g/mol. The largest absolute Gasteiger partial charge is 0.389 e. The second-order valence-corrected chi connectivity index (χ2v) is 8.15. The molecular formula is C24H30N2O2. The van der Waals surface area contributed by atoms with Crippen molar-refractivity contribution in [3.63, 3.8) is 0 Å². The quantitative estimate of drug-likeness (QED) is 0.866. The van der Waals surface area contributed by atoms with Crippen molar-refractivity contribution in [1.29, 1.82) is 0 Å². The highest BCUT2D eigenvalue weighted by Crippen LogP contribution is 2.32. The maximum Gasteiger partial charge on any atom is 0.227 e. The zero-order valence-corrected chi connectivity index (χ0v) is 16.7. The molecule has 4 rings (SSSR count). The average molecular weight is 379 g/mol. The van der Waals surface area contributed by atoms with Gasteiger partial charge in [0, 0.05) is 13.1 Å². The zero-order chi connectivity index (χ0) is 19.5. The van der Waals surface area contributed by atoms with Gasteiger partial charge in [-0.2, -0.15) is 0 Å². The monoisotopic (exact) mass is 378 g/mol. The molecule has 0 aliphatic carbocycles. The Morgan fingerprint density at radius 3 is 2.50 bits per heavy atom. The van der Waals surface area contributed by atoms with Crippen LogP contribution in [0.15, 0.2) is 48.5 Å². The van der Waals surface area contributed by atoms with Gasteiger partial charge in [0.15, 0.2) is 0 Å². The van der Waals surface area contributed by atoms with Crippen molar-refractivity contribution >= 4 is 5.91 Å². The van der Waals surface area contributed by atoms with Gasteiger partial charge in [-0.05, 0) is 61.5 Å². The number of carbonyl (C=O) groups is 1. The molecule has 28 heavy (non-hydrogen) atoms. The molecule has 2 aromatic carbocycles. The molecule has 1 saturated heterocycles. The number of carbonyl (C=O) groups excluding carboxylic acids is 1. The molecule has 2 aliphatic rings. The van der Waals surface area contributed by atoms with Crippen molar-refractivity contribution in [2.24, 2.45) is 0 Å². The summed E-state index contributed by atoms with van der Waals surface area (Å²) in [6.07, 6.45) is 3.39. The Labute approximate surface area is 167 Å². The summed E-state index contributed by atoms with van der Waals surface area (Å²) in [6, 6.07) is 16.5. The topological polar surface area (TPSA) is 43.8 Å². The van der Waals surface area contributed by atoms with Crippen molar-refractivity contribution in [1.82, 2.24) is 9.80 Å². The minimum absolute atomic E-state index is 0.146. The number of likely N-dealkylation sites (tertiary alicyclic amines) is 1. The van der Waals surface area contributed by atoms with E-state index in [9.17, 15) is 9.90 Å². The van der Waals surface area contributed by atoms with Crippen molar-refractivity contribution in [2.45, 2.75) is 44.8 Å². The van der Waals surface area contributed by atoms with Gasteiger partial charge in [0.05, 0.1) is 18.6 Å². The second-order valence-electron chi connectivity index (χ2n) is 8.15. The Morgan fingerprint density at radius 1 is 1.07 bits per heavy atom. The van der Waals surface area contributed by atoms with Crippen molar-refractivity contribution in [3.8, 4) is 0 Å². The first kappa shape index (κ1) is 19.2. The highest BCUT2D eigenvalue weighted by Gasteiger charge is 2.32. The standard InChI is InChI=1S/C24H30N2O2/c1-18(27)20-10-8-19(9-11-20)16-24(28)26-15-12-21-6-2-3-7-22(21)23(26)17-25-13-4-5-14-25/h2-3,6-11,18,23,27H,4-5,12-17H2,1H3. The molecule has 2 aromatic rings. The Bertz CT molecular complexity index is 810. The Morgan fingerprint density at radius 2 is 1.79 bits per heavy atom. The fraction of sp³-hybridized carbons (Fsp3) is 0.458. The Hall–Kier alpha value is -2.17. The molecule has 0 bridgehead atoms. The third-order valence-electron chi connectivity index (χ3n) is 6.18. The molecule has 1 amide bonds. The predicted molar refractivity (Wildman–Crippen MR) is 111 cm³/mol. The number of nitrogens with zero attached hydrogens (tertiary/aromatic N) is 2. The van der Waals surface area contributed by atoms with Gasteiger partial charge in [-0.25, -0.2) is 0 Å². The van der Waals surface area contributed by atoms with E-state index in [1.54, 1.807) is 6.92 Å². The molecule has 4 heteroatoms. The Kier molecular flexibility index (Phi) is 5.79. The minimum Gasteiger partial charge on any atom is -0.389 e. The maximum atomic E-state index is 13.2. The van der Waals surface area contributed by atoms with E-state index >= 15 is 0 Å². The summed E-state index contributed by atoms with van der Waals surface area (Å²) in [5.74, 6) is 0.198. The van der Waals surface area contributed by atoms with Gasteiger partial charge >= 0.3 is 0 Å². The molecule has 2 aliphatic heterocycles. The first-order valence-corrected chi connectivity index (χ1v) is 10.5. The fourth-order valence-corrected chi connectivity index (χ4v) is 4.55. The first-order valence-electron chi connectivity index (χ1n) is 10.5. The third-order valence-corrected chi connectivity index (χ3v) is 6.18. The lowest BCUT2D eigenvalue weighted by molar-refractivity contribution is -0.133. The van der Waals surface area contributed by atoms with Crippen LogP contribution >= 0.6 is 0 Å². The minimum atomic E-state index is -0.479. The molecule has 1 N–H and O–H groups in total. The molecule has 2 atom stereocenters. The number of fused-ring (bicyclic) bond motifs is 1. The van der Waals surface area contributed by atoms with Crippen LogP contribution in [0.1, 0.15) is 54.2 Å². The lowest BCUT2D eigenvalue weighted by Crippen LogP contribution is -2.45. The number of aliphatic hydroxyl groups excluding tert-OH is 1. The average Bonchev–Trinajstić information content (AvgIpc) is 3.22. The van der Waals surface area contributed by atoms with E-state index in [2.05, 4.69) is 34.1 Å². The molecule has 4 nitrogen and oxygen atoms in total. The van der Waals surface area contributed by atoms with E-state index < -0.39 is 6.10 Å². The van der Waals surface area contributed by atoms with E-state index in [1.165, 1.54) is 24.0 Å². The number of benzene rings is 2. The van der Waals surface area contributed by atoms with E-state index in [4.69, 9.17) is 0 Å². The predicted octanol–water partition coefficient (Wildman–Crippen LogP) is 3.50. The summed E-state index contributed by atoms with van der Waals surface area (Å²) in [5.41, 5.74) is 4.60. The van der Waals surface area contributed by atoms with E-state index in [0.717, 1.165) is 43.7 Å². The molecule has 2 heterocycles. The first-order chi connectivity index (χ1) is 13.6. The van der Waals surface area contributed by atoms with Crippen LogP contribution in [-0.2, 0) is 17.6 Å². The van der Waals surface area contributed by atoms with Crippen LogP contribution in [0.3, 0.4) is 0 Å². The van der Waals surface area contributed by atoms with Crippen molar-refractivity contribution < 1.29 is 9.90 Å². The fourth-order valence-electron chi connectivity index (χ4n) is 4.55. The lowest BCUT2D eigenvalue weighted by atomic mass is 9.91.